The van der Waals surface area contributed by atoms with Crippen LogP contribution in [0.1, 0.15) is 27.9 Å². The summed E-state index contributed by atoms with van der Waals surface area (Å²) in [6.07, 6.45) is 2.76. The maximum atomic E-state index is 12.5. The molecule has 1 unspecified atom stereocenters. The predicted octanol–water partition coefficient (Wildman–Crippen LogP) is 3.11. The van der Waals surface area contributed by atoms with Gasteiger partial charge in [0.25, 0.3) is 5.91 Å². The first-order valence-corrected chi connectivity index (χ1v) is 7.99. The molecule has 4 nitrogen and oxygen atoms in total. The molecule has 0 fully saturated rings. The van der Waals surface area contributed by atoms with Gasteiger partial charge in [0.1, 0.15) is 12.4 Å². The Bertz CT molecular complexity index is 757. The molecule has 124 valence electrons. The molecule has 4 heteroatoms. The van der Waals surface area contributed by atoms with E-state index in [4.69, 9.17) is 4.74 Å². The van der Waals surface area contributed by atoms with Crippen LogP contribution in [0.25, 0.3) is 0 Å². The SMILES string of the molecule is C=CCOc1ccc2c(c1)C(O)(CCc1ccccc1)N(C)C2=O. The quantitative estimate of drug-likeness (QED) is 0.831. The summed E-state index contributed by atoms with van der Waals surface area (Å²) in [6.45, 7) is 4.01. The minimum absolute atomic E-state index is 0.171. The first-order chi connectivity index (χ1) is 11.6. The molecule has 0 radical (unpaired) electrons. The number of carbonyl (C=O) groups excluding carboxylic acids is 1. The van der Waals surface area contributed by atoms with E-state index in [1.807, 2.05) is 30.3 Å². The zero-order valence-electron chi connectivity index (χ0n) is 13.7. The van der Waals surface area contributed by atoms with Gasteiger partial charge in [-0.1, -0.05) is 43.0 Å². The number of hydrogen-bond acceptors (Lipinski definition) is 3. The maximum Gasteiger partial charge on any atom is 0.256 e. The molecule has 0 bridgehead atoms. The van der Waals surface area contributed by atoms with Crippen molar-refractivity contribution in [1.82, 2.24) is 4.90 Å². The Morgan fingerprint density at radius 1 is 1.25 bits per heavy atom. The van der Waals surface area contributed by atoms with Crippen molar-refractivity contribution in [3.05, 3.63) is 77.9 Å². The third-order valence-corrected chi connectivity index (χ3v) is 4.49. The van der Waals surface area contributed by atoms with E-state index in [-0.39, 0.29) is 5.91 Å². The average molecular weight is 323 g/mol. The van der Waals surface area contributed by atoms with E-state index in [1.165, 1.54) is 4.90 Å². The van der Waals surface area contributed by atoms with E-state index in [2.05, 4.69) is 6.58 Å². The van der Waals surface area contributed by atoms with Crippen LogP contribution in [0, 0.1) is 0 Å². The minimum atomic E-state index is -1.32. The van der Waals surface area contributed by atoms with Crippen molar-refractivity contribution in [2.45, 2.75) is 18.6 Å². The summed E-state index contributed by atoms with van der Waals surface area (Å²) in [7, 11) is 1.64. The molecule has 0 saturated heterocycles. The van der Waals surface area contributed by atoms with E-state index in [0.29, 0.717) is 36.3 Å². The second kappa shape index (κ2) is 6.49. The smallest absolute Gasteiger partial charge is 0.256 e. The van der Waals surface area contributed by atoms with Gasteiger partial charge in [-0.3, -0.25) is 4.79 Å². The van der Waals surface area contributed by atoms with Crippen LogP contribution in [0.15, 0.2) is 61.2 Å². The molecule has 1 aliphatic heterocycles. The van der Waals surface area contributed by atoms with E-state index in [1.54, 1.807) is 31.3 Å². The average Bonchev–Trinajstić information content (AvgIpc) is 2.81. The van der Waals surface area contributed by atoms with Crippen LogP contribution < -0.4 is 4.74 Å². The van der Waals surface area contributed by atoms with Crippen molar-refractivity contribution in [3.8, 4) is 5.75 Å². The molecule has 0 spiro atoms. The summed E-state index contributed by atoms with van der Waals surface area (Å²) in [5.74, 6) is 0.450. The van der Waals surface area contributed by atoms with Crippen molar-refractivity contribution in [1.29, 1.82) is 0 Å². The summed E-state index contributed by atoms with van der Waals surface area (Å²) >= 11 is 0. The summed E-state index contributed by atoms with van der Waals surface area (Å²) in [4.78, 5) is 13.9. The van der Waals surface area contributed by atoms with Gasteiger partial charge in [0.15, 0.2) is 5.72 Å². The number of ether oxygens (including phenoxy) is 1. The summed E-state index contributed by atoms with van der Waals surface area (Å²) < 4.78 is 5.55. The number of carbonyl (C=O) groups is 1. The Morgan fingerprint density at radius 2 is 2.00 bits per heavy atom. The highest BCUT2D eigenvalue weighted by Gasteiger charge is 2.46. The fraction of sp³-hybridized carbons (Fsp3) is 0.250. The van der Waals surface area contributed by atoms with Crippen molar-refractivity contribution in [2.75, 3.05) is 13.7 Å². The van der Waals surface area contributed by atoms with Gasteiger partial charge in [0, 0.05) is 24.6 Å². The third-order valence-electron chi connectivity index (χ3n) is 4.49. The van der Waals surface area contributed by atoms with E-state index < -0.39 is 5.72 Å². The Hall–Kier alpha value is -2.59. The van der Waals surface area contributed by atoms with Crippen LogP contribution in [0.5, 0.6) is 5.75 Å². The monoisotopic (exact) mass is 323 g/mol. The van der Waals surface area contributed by atoms with Crippen LogP contribution in [-0.2, 0) is 12.1 Å². The zero-order chi connectivity index (χ0) is 17.2. The van der Waals surface area contributed by atoms with Crippen molar-refractivity contribution in [2.24, 2.45) is 0 Å². The minimum Gasteiger partial charge on any atom is -0.490 e. The Labute approximate surface area is 142 Å². The fourth-order valence-corrected chi connectivity index (χ4v) is 3.08. The van der Waals surface area contributed by atoms with Gasteiger partial charge >= 0.3 is 0 Å². The molecule has 0 aromatic heterocycles. The molecule has 1 atom stereocenters. The Morgan fingerprint density at radius 3 is 2.71 bits per heavy atom. The van der Waals surface area contributed by atoms with Gasteiger partial charge in [-0.25, -0.2) is 0 Å². The number of fused-ring (bicyclic) bond motifs is 1. The molecule has 2 aromatic carbocycles. The van der Waals surface area contributed by atoms with Crippen LogP contribution in [-0.4, -0.2) is 29.6 Å². The second-order valence-corrected chi connectivity index (χ2v) is 5.97. The molecule has 1 amide bonds. The summed E-state index contributed by atoms with van der Waals surface area (Å²) in [5.41, 5.74) is 0.932. The largest absolute Gasteiger partial charge is 0.490 e. The van der Waals surface area contributed by atoms with Crippen LogP contribution in [0.4, 0.5) is 0 Å². The standard InChI is InChI=1S/C20H21NO3/c1-3-13-24-16-9-10-17-18(14-16)20(23,21(2)19(17)22)12-11-15-7-5-4-6-8-15/h3-10,14,23H,1,11-13H2,2H3. The molecule has 2 aromatic rings. The van der Waals surface area contributed by atoms with Gasteiger partial charge in [-0.05, 0) is 30.2 Å². The van der Waals surface area contributed by atoms with E-state index in [0.717, 1.165) is 5.56 Å². The highest BCUT2D eigenvalue weighted by Crippen LogP contribution is 2.41. The fourth-order valence-electron chi connectivity index (χ4n) is 3.08. The van der Waals surface area contributed by atoms with Crippen LogP contribution in [0.2, 0.25) is 0 Å². The summed E-state index contributed by atoms with van der Waals surface area (Å²) in [6, 6.07) is 15.2. The molecule has 24 heavy (non-hydrogen) atoms. The Balaban J connectivity index is 1.90. The number of nitrogens with zero attached hydrogens (tertiary/aromatic N) is 1. The highest BCUT2D eigenvalue weighted by molar-refractivity contribution is 5.99. The lowest BCUT2D eigenvalue weighted by molar-refractivity contribution is -0.0782. The van der Waals surface area contributed by atoms with Gasteiger partial charge < -0.3 is 14.7 Å². The lowest BCUT2D eigenvalue weighted by atomic mass is 9.94. The predicted molar refractivity (Wildman–Crippen MR) is 92.9 cm³/mol. The molecule has 1 N–H and O–H groups in total. The third kappa shape index (κ3) is 2.81. The van der Waals surface area contributed by atoms with Gasteiger partial charge in [-0.15, -0.1) is 0 Å². The van der Waals surface area contributed by atoms with E-state index >= 15 is 0 Å². The number of aliphatic hydroxyl groups is 1. The number of aryl methyl sites for hydroxylation is 1. The number of benzene rings is 2. The molecule has 0 saturated carbocycles. The molecule has 1 heterocycles. The zero-order valence-corrected chi connectivity index (χ0v) is 13.7. The van der Waals surface area contributed by atoms with Gasteiger partial charge in [-0.2, -0.15) is 0 Å². The van der Waals surface area contributed by atoms with Crippen LogP contribution >= 0.6 is 0 Å². The Kier molecular flexibility index (Phi) is 4.40. The first kappa shape index (κ1) is 16.3. The number of hydrogen-bond donors (Lipinski definition) is 1. The molecular formula is C20H21NO3. The van der Waals surface area contributed by atoms with Crippen molar-refractivity contribution in [3.63, 3.8) is 0 Å². The lowest BCUT2D eigenvalue weighted by Gasteiger charge is -2.31. The topological polar surface area (TPSA) is 49.8 Å². The summed E-state index contributed by atoms with van der Waals surface area (Å²) in [5, 5.41) is 11.2. The normalized spacial score (nSPS) is 19.2. The van der Waals surface area contributed by atoms with Gasteiger partial charge in [0.2, 0.25) is 0 Å². The molecule has 1 aliphatic rings. The van der Waals surface area contributed by atoms with E-state index in [9.17, 15) is 9.90 Å². The second-order valence-electron chi connectivity index (χ2n) is 5.97. The van der Waals surface area contributed by atoms with Crippen molar-refractivity contribution < 1.29 is 14.6 Å². The van der Waals surface area contributed by atoms with Crippen molar-refractivity contribution >= 4 is 5.91 Å². The number of rotatable bonds is 6. The van der Waals surface area contributed by atoms with Crippen LogP contribution in [0.3, 0.4) is 0 Å². The molecular weight excluding hydrogens is 302 g/mol. The lowest BCUT2D eigenvalue weighted by Crippen LogP contribution is -2.41. The number of amides is 1. The molecule has 0 aliphatic carbocycles. The first-order valence-electron chi connectivity index (χ1n) is 7.99. The molecule has 3 rings (SSSR count). The van der Waals surface area contributed by atoms with Gasteiger partial charge in [0.05, 0.1) is 0 Å². The highest BCUT2D eigenvalue weighted by atomic mass is 16.5. The maximum absolute atomic E-state index is 12.5.